The number of carbonyl (C=O) groups is 1. The lowest BCUT2D eigenvalue weighted by molar-refractivity contribution is -0.135. The lowest BCUT2D eigenvalue weighted by atomic mass is 10.0. The molecule has 0 radical (unpaired) electrons. The highest BCUT2D eigenvalue weighted by atomic mass is 16.5. The van der Waals surface area contributed by atoms with Crippen molar-refractivity contribution in [3.63, 3.8) is 0 Å². The topological polar surface area (TPSA) is 55.6 Å². The lowest BCUT2D eigenvalue weighted by Gasteiger charge is -2.25. The number of amides is 1. The molecule has 1 aromatic rings. The molecular weight excluding hydrogens is 240 g/mol. The van der Waals surface area contributed by atoms with Gasteiger partial charge in [-0.05, 0) is 31.0 Å². The normalized spacial score (nSPS) is 12.0. The summed E-state index contributed by atoms with van der Waals surface area (Å²) in [6, 6.07) is 7.79. The van der Waals surface area contributed by atoms with Crippen molar-refractivity contribution in [2.75, 3.05) is 20.2 Å². The fourth-order valence-corrected chi connectivity index (χ4v) is 2.00. The molecule has 1 unspecified atom stereocenters. The molecule has 1 rings (SSSR count). The van der Waals surface area contributed by atoms with Gasteiger partial charge in [0.1, 0.15) is 5.75 Å². The van der Waals surface area contributed by atoms with Crippen LogP contribution < -0.4 is 10.5 Å². The van der Waals surface area contributed by atoms with Crippen LogP contribution in [0.25, 0.3) is 0 Å². The zero-order chi connectivity index (χ0) is 14.3. The van der Waals surface area contributed by atoms with Crippen LogP contribution in [-0.4, -0.2) is 31.0 Å². The van der Waals surface area contributed by atoms with E-state index < -0.39 is 0 Å². The monoisotopic (exact) mass is 264 g/mol. The number of benzene rings is 1. The Labute approximate surface area is 115 Å². The summed E-state index contributed by atoms with van der Waals surface area (Å²) < 4.78 is 5.12. The predicted molar refractivity (Wildman–Crippen MR) is 76.9 cm³/mol. The molecule has 0 aromatic heterocycles. The quantitative estimate of drug-likeness (QED) is 0.820. The van der Waals surface area contributed by atoms with Crippen LogP contribution in [0.4, 0.5) is 0 Å². The zero-order valence-corrected chi connectivity index (χ0v) is 12.1. The van der Waals surface area contributed by atoms with E-state index in [0.717, 1.165) is 17.7 Å². The number of nitrogens with zero attached hydrogens (tertiary/aromatic N) is 1. The second-order valence-electron chi connectivity index (χ2n) is 4.54. The van der Waals surface area contributed by atoms with Gasteiger partial charge in [-0.3, -0.25) is 4.79 Å². The van der Waals surface area contributed by atoms with Crippen LogP contribution >= 0.6 is 0 Å². The molecule has 106 valence electrons. The van der Waals surface area contributed by atoms with Gasteiger partial charge >= 0.3 is 0 Å². The number of carbonyl (C=O) groups excluding carboxylic acids is 1. The van der Waals surface area contributed by atoms with Gasteiger partial charge in [0.2, 0.25) is 5.91 Å². The molecule has 4 heteroatoms. The first-order chi connectivity index (χ1) is 9.15. The van der Waals surface area contributed by atoms with Crippen LogP contribution in [-0.2, 0) is 11.3 Å². The Morgan fingerprint density at radius 3 is 2.37 bits per heavy atom. The summed E-state index contributed by atoms with van der Waals surface area (Å²) in [4.78, 5) is 14.1. The van der Waals surface area contributed by atoms with E-state index in [4.69, 9.17) is 10.5 Å². The molecule has 0 spiro atoms. The van der Waals surface area contributed by atoms with E-state index in [1.165, 1.54) is 0 Å². The largest absolute Gasteiger partial charge is 0.497 e. The van der Waals surface area contributed by atoms with Crippen LogP contribution in [0.3, 0.4) is 0 Å². The fraction of sp³-hybridized carbons (Fsp3) is 0.533. The molecule has 0 bridgehead atoms. The van der Waals surface area contributed by atoms with Gasteiger partial charge in [0.05, 0.1) is 13.0 Å². The molecule has 1 aromatic carbocycles. The zero-order valence-electron chi connectivity index (χ0n) is 12.1. The van der Waals surface area contributed by atoms with E-state index in [1.54, 1.807) is 7.11 Å². The Morgan fingerprint density at radius 1 is 1.32 bits per heavy atom. The first kappa shape index (κ1) is 15.5. The average molecular weight is 264 g/mol. The van der Waals surface area contributed by atoms with E-state index in [2.05, 4.69) is 0 Å². The third kappa shape index (κ3) is 4.24. The molecular formula is C15H24N2O2. The third-order valence-corrected chi connectivity index (χ3v) is 3.35. The fourth-order valence-electron chi connectivity index (χ4n) is 2.00. The van der Waals surface area contributed by atoms with Gasteiger partial charge in [-0.1, -0.05) is 19.1 Å². The Bertz CT molecular complexity index is 386. The molecule has 0 fully saturated rings. The maximum Gasteiger partial charge on any atom is 0.227 e. The van der Waals surface area contributed by atoms with Crippen molar-refractivity contribution in [1.29, 1.82) is 0 Å². The molecule has 1 atom stereocenters. The summed E-state index contributed by atoms with van der Waals surface area (Å²) in [5.41, 5.74) is 6.74. The standard InChI is InChI=1S/C15H24N2O2/c1-4-13(10-16)15(18)17(5-2)11-12-6-8-14(19-3)9-7-12/h6-9,13H,4-5,10-11,16H2,1-3H3. The van der Waals surface area contributed by atoms with E-state index in [0.29, 0.717) is 19.6 Å². The molecule has 4 nitrogen and oxygen atoms in total. The maximum absolute atomic E-state index is 12.3. The van der Waals surface area contributed by atoms with Crippen molar-refractivity contribution in [3.05, 3.63) is 29.8 Å². The smallest absolute Gasteiger partial charge is 0.227 e. The van der Waals surface area contributed by atoms with Crippen LogP contribution in [0.2, 0.25) is 0 Å². The Kier molecular flexibility index (Phi) is 6.36. The maximum atomic E-state index is 12.3. The van der Waals surface area contributed by atoms with Crippen LogP contribution in [0.5, 0.6) is 5.75 Å². The molecule has 0 heterocycles. The molecule has 0 saturated carbocycles. The van der Waals surface area contributed by atoms with Crippen molar-refractivity contribution in [2.24, 2.45) is 11.7 Å². The number of nitrogens with two attached hydrogens (primary N) is 1. The highest BCUT2D eigenvalue weighted by Crippen LogP contribution is 2.15. The second-order valence-corrected chi connectivity index (χ2v) is 4.54. The molecule has 0 aliphatic heterocycles. The van der Waals surface area contributed by atoms with E-state index in [1.807, 2.05) is 43.0 Å². The van der Waals surface area contributed by atoms with Crippen molar-refractivity contribution in [2.45, 2.75) is 26.8 Å². The molecule has 0 aliphatic rings. The van der Waals surface area contributed by atoms with Crippen molar-refractivity contribution >= 4 is 5.91 Å². The van der Waals surface area contributed by atoms with Gasteiger partial charge in [-0.15, -0.1) is 0 Å². The van der Waals surface area contributed by atoms with Gasteiger partial charge in [0, 0.05) is 19.6 Å². The molecule has 1 amide bonds. The molecule has 0 aliphatic carbocycles. The highest BCUT2D eigenvalue weighted by Gasteiger charge is 2.20. The summed E-state index contributed by atoms with van der Waals surface area (Å²) in [7, 11) is 1.64. The summed E-state index contributed by atoms with van der Waals surface area (Å²) in [6.07, 6.45) is 0.786. The highest BCUT2D eigenvalue weighted by molar-refractivity contribution is 5.79. The van der Waals surface area contributed by atoms with E-state index in [-0.39, 0.29) is 11.8 Å². The number of hydrogen-bond acceptors (Lipinski definition) is 3. The van der Waals surface area contributed by atoms with Crippen molar-refractivity contribution < 1.29 is 9.53 Å². The SMILES string of the molecule is CCC(CN)C(=O)N(CC)Cc1ccc(OC)cc1. The lowest BCUT2D eigenvalue weighted by Crippen LogP contribution is -2.38. The van der Waals surface area contributed by atoms with Gasteiger partial charge in [0.25, 0.3) is 0 Å². The molecule has 2 N–H and O–H groups in total. The second kappa shape index (κ2) is 7.79. The molecule has 0 saturated heterocycles. The van der Waals surface area contributed by atoms with Crippen LogP contribution in [0, 0.1) is 5.92 Å². The third-order valence-electron chi connectivity index (χ3n) is 3.35. The van der Waals surface area contributed by atoms with Gasteiger partial charge in [-0.25, -0.2) is 0 Å². The minimum Gasteiger partial charge on any atom is -0.497 e. The number of hydrogen-bond donors (Lipinski definition) is 1. The Morgan fingerprint density at radius 2 is 1.95 bits per heavy atom. The first-order valence-electron chi connectivity index (χ1n) is 6.78. The Balaban J connectivity index is 2.72. The first-order valence-corrected chi connectivity index (χ1v) is 6.78. The van der Waals surface area contributed by atoms with E-state index >= 15 is 0 Å². The van der Waals surface area contributed by atoms with Gasteiger partial charge < -0.3 is 15.4 Å². The predicted octanol–water partition coefficient (Wildman–Crippen LogP) is 2.03. The Hall–Kier alpha value is -1.55. The molecule has 19 heavy (non-hydrogen) atoms. The summed E-state index contributed by atoms with van der Waals surface area (Å²) in [6.45, 7) is 5.72. The van der Waals surface area contributed by atoms with Gasteiger partial charge in [0.15, 0.2) is 0 Å². The summed E-state index contributed by atoms with van der Waals surface area (Å²) in [5, 5.41) is 0. The van der Waals surface area contributed by atoms with Crippen molar-refractivity contribution in [3.8, 4) is 5.75 Å². The van der Waals surface area contributed by atoms with Crippen molar-refractivity contribution in [1.82, 2.24) is 4.90 Å². The number of ether oxygens (including phenoxy) is 1. The number of rotatable bonds is 7. The average Bonchev–Trinajstić information content (AvgIpc) is 2.46. The summed E-state index contributed by atoms with van der Waals surface area (Å²) in [5.74, 6) is 0.896. The van der Waals surface area contributed by atoms with Crippen LogP contribution in [0.1, 0.15) is 25.8 Å². The summed E-state index contributed by atoms with van der Waals surface area (Å²) >= 11 is 0. The van der Waals surface area contributed by atoms with Gasteiger partial charge in [-0.2, -0.15) is 0 Å². The van der Waals surface area contributed by atoms with Crippen LogP contribution in [0.15, 0.2) is 24.3 Å². The minimum absolute atomic E-state index is 0.0711. The van der Waals surface area contributed by atoms with E-state index in [9.17, 15) is 4.79 Å². The number of methoxy groups -OCH3 is 1. The minimum atomic E-state index is -0.0711.